The van der Waals surface area contributed by atoms with Crippen molar-refractivity contribution in [3.05, 3.63) is 34.6 Å². The zero-order valence-electron chi connectivity index (χ0n) is 10.3. The molecule has 1 saturated carbocycles. The standard InChI is InChI=1S/C13H18ClFN2O/c1-18-13(8-2-3-8)12(17-16)7-9-6-10(14)4-5-11(9)15/h4-6,8,12-13,17H,2-3,7,16H2,1H3. The summed E-state index contributed by atoms with van der Waals surface area (Å²) in [6, 6.07) is 4.46. The summed E-state index contributed by atoms with van der Waals surface area (Å²) >= 11 is 5.88. The maximum absolute atomic E-state index is 13.7. The second-order valence-corrected chi connectivity index (χ2v) is 5.19. The lowest BCUT2D eigenvalue weighted by atomic mass is 9.98. The zero-order chi connectivity index (χ0) is 13.1. The average molecular weight is 273 g/mol. The van der Waals surface area contributed by atoms with Crippen LogP contribution < -0.4 is 11.3 Å². The topological polar surface area (TPSA) is 47.3 Å². The summed E-state index contributed by atoms with van der Waals surface area (Å²) in [5, 5.41) is 0.530. The highest BCUT2D eigenvalue weighted by atomic mass is 35.5. The van der Waals surface area contributed by atoms with Gasteiger partial charge in [-0.05, 0) is 48.9 Å². The van der Waals surface area contributed by atoms with E-state index < -0.39 is 0 Å². The van der Waals surface area contributed by atoms with Crippen LogP contribution in [0.5, 0.6) is 0 Å². The molecule has 0 aliphatic heterocycles. The molecule has 18 heavy (non-hydrogen) atoms. The quantitative estimate of drug-likeness (QED) is 0.617. The summed E-state index contributed by atoms with van der Waals surface area (Å²) in [5.41, 5.74) is 3.30. The molecular formula is C13H18ClFN2O. The highest BCUT2D eigenvalue weighted by molar-refractivity contribution is 6.30. The molecule has 100 valence electrons. The highest BCUT2D eigenvalue weighted by Crippen LogP contribution is 2.36. The van der Waals surface area contributed by atoms with Crippen molar-refractivity contribution in [2.45, 2.75) is 31.4 Å². The molecule has 3 N–H and O–H groups in total. The van der Waals surface area contributed by atoms with E-state index in [1.54, 1.807) is 19.2 Å². The van der Waals surface area contributed by atoms with Crippen LogP contribution >= 0.6 is 11.6 Å². The number of nitrogens with two attached hydrogens (primary N) is 1. The Hall–Kier alpha value is -0.680. The Labute approximate surface area is 111 Å². The van der Waals surface area contributed by atoms with E-state index in [-0.39, 0.29) is 18.0 Å². The molecule has 0 saturated heterocycles. The zero-order valence-corrected chi connectivity index (χ0v) is 11.1. The number of rotatable bonds is 6. The number of nitrogens with one attached hydrogen (secondary N) is 1. The minimum atomic E-state index is -0.259. The highest BCUT2D eigenvalue weighted by Gasteiger charge is 2.36. The van der Waals surface area contributed by atoms with Gasteiger partial charge in [0, 0.05) is 12.1 Å². The Morgan fingerprint density at radius 3 is 2.83 bits per heavy atom. The van der Waals surface area contributed by atoms with Gasteiger partial charge in [-0.1, -0.05) is 11.6 Å². The molecule has 1 aromatic carbocycles. The Morgan fingerprint density at radius 1 is 1.56 bits per heavy atom. The molecule has 1 aliphatic rings. The number of methoxy groups -OCH3 is 1. The summed E-state index contributed by atoms with van der Waals surface area (Å²) in [4.78, 5) is 0. The van der Waals surface area contributed by atoms with Crippen molar-refractivity contribution in [3.8, 4) is 0 Å². The average Bonchev–Trinajstić information content (AvgIpc) is 3.17. The molecule has 1 fully saturated rings. The SMILES string of the molecule is COC(C1CC1)C(Cc1cc(Cl)ccc1F)NN. The third-order valence-corrected chi connectivity index (χ3v) is 3.65. The third-order valence-electron chi connectivity index (χ3n) is 3.42. The van der Waals surface area contributed by atoms with E-state index in [0.717, 1.165) is 12.8 Å². The molecule has 0 bridgehead atoms. The van der Waals surface area contributed by atoms with Crippen LogP contribution in [0.2, 0.25) is 5.02 Å². The van der Waals surface area contributed by atoms with Gasteiger partial charge in [-0.2, -0.15) is 0 Å². The molecule has 0 heterocycles. The summed E-state index contributed by atoms with van der Waals surface area (Å²) in [6.07, 6.45) is 2.79. The fraction of sp³-hybridized carbons (Fsp3) is 0.538. The van der Waals surface area contributed by atoms with Gasteiger partial charge in [0.05, 0.1) is 12.1 Å². The molecule has 0 spiro atoms. The fourth-order valence-corrected chi connectivity index (χ4v) is 2.51. The monoisotopic (exact) mass is 272 g/mol. The van der Waals surface area contributed by atoms with Crippen LogP contribution in [-0.2, 0) is 11.2 Å². The van der Waals surface area contributed by atoms with Gasteiger partial charge >= 0.3 is 0 Å². The first kappa shape index (κ1) is 13.7. The van der Waals surface area contributed by atoms with E-state index in [4.69, 9.17) is 22.2 Å². The van der Waals surface area contributed by atoms with Crippen LogP contribution in [0.4, 0.5) is 4.39 Å². The molecular weight excluding hydrogens is 255 g/mol. The van der Waals surface area contributed by atoms with Crippen molar-refractivity contribution >= 4 is 11.6 Å². The number of ether oxygens (including phenoxy) is 1. The van der Waals surface area contributed by atoms with E-state index in [1.807, 2.05) is 0 Å². The molecule has 1 aromatic rings. The van der Waals surface area contributed by atoms with Crippen molar-refractivity contribution in [1.29, 1.82) is 0 Å². The van der Waals surface area contributed by atoms with Gasteiger partial charge < -0.3 is 4.74 Å². The molecule has 5 heteroatoms. The molecule has 2 rings (SSSR count). The van der Waals surface area contributed by atoms with Gasteiger partial charge in [0.2, 0.25) is 0 Å². The first-order valence-electron chi connectivity index (χ1n) is 6.08. The molecule has 1 aliphatic carbocycles. The first-order valence-corrected chi connectivity index (χ1v) is 6.46. The Bertz CT molecular complexity index is 412. The third kappa shape index (κ3) is 3.20. The van der Waals surface area contributed by atoms with Gasteiger partial charge in [0.15, 0.2) is 0 Å². The smallest absolute Gasteiger partial charge is 0.126 e. The Morgan fingerprint density at radius 2 is 2.28 bits per heavy atom. The maximum Gasteiger partial charge on any atom is 0.126 e. The number of hydrazine groups is 1. The Kier molecular flexibility index (Phi) is 4.56. The minimum absolute atomic E-state index is 0.0216. The molecule has 3 nitrogen and oxygen atoms in total. The van der Waals surface area contributed by atoms with Crippen LogP contribution in [0.1, 0.15) is 18.4 Å². The summed E-state index contributed by atoms with van der Waals surface area (Å²) in [5.74, 6) is 5.83. The van der Waals surface area contributed by atoms with Gasteiger partial charge in [-0.3, -0.25) is 11.3 Å². The maximum atomic E-state index is 13.7. The predicted molar refractivity (Wildman–Crippen MR) is 69.7 cm³/mol. The molecule has 0 radical (unpaired) electrons. The van der Waals surface area contributed by atoms with Crippen LogP contribution in [0.25, 0.3) is 0 Å². The van der Waals surface area contributed by atoms with Crippen molar-refractivity contribution in [2.24, 2.45) is 11.8 Å². The van der Waals surface area contributed by atoms with Crippen LogP contribution in [-0.4, -0.2) is 19.3 Å². The van der Waals surface area contributed by atoms with Gasteiger partial charge in [-0.15, -0.1) is 0 Å². The molecule has 2 atom stereocenters. The largest absolute Gasteiger partial charge is 0.379 e. The van der Waals surface area contributed by atoms with E-state index in [0.29, 0.717) is 22.9 Å². The van der Waals surface area contributed by atoms with Gasteiger partial charge in [-0.25, -0.2) is 4.39 Å². The molecule has 0 aromatic heterocycles. The number of benzene rings is 1. The van der Waals surface area contributed by atoms with E-state index in [2.05, 4.69) is 5.43 Å². The van der Waals surface area contributed by atoms with Crippen LogP contribution in [0, 0.1) is 11.7 Å². The predicted octanol–water partition coefficient (Wildman–Crippen LogP) is 2.28. The van der Waals surface area contributed by atoms with E-state index in [9.17, 15) is 4.39 Å². The van der Waals surface area contributed by atoms with Crippen LogP contribution in [0.15, 0.2) is 18.2 Å². The number of hydrogen-bond donors (Lipinski definition) is 2. The second-order valence-electron chi connectivity index (χ2n) is 4.75. The lowest BCUT2D eigenvalue weighted by Crippen LogP contribution is -2.47. The summed E-state index contributed by atoms with van der Waals surface area (Å²) in [6.45, 7) is 0. The van der Waals surface area contributed by atoms with Crippen molar-refractivity contribution in [2.75, 3.05) is 7.11 Å². The van der Waals surface area contributed by atoms with E-state index >= 15 is 0 Å². The van der Waals surface area contributed by atoms with Gasteiger partial charge in [0.1, 0.15) is 5.82 Å². The number of hydrogen-bond acceptors (Lipinski definition) is 3. The number of halogens is 2. The molecule has 0 amide bonds. The van der Waals surface area contributed by atoms with Crippen molar-refractivity contribution in [1.82, 2.24) is 5.43 Å². The van der Waals surface area contributed by atoms with Gasteiger partial charge in [0.25, 0.3) is 0 Å². The molecule has 2 unspecified atom stereocenters. The minimum Gasteiger partial charge on any atom is -0.379 e. The fourth-order valence-electron chi connectivity index (χ4n) is 2.32. The first-order chi connectivity index (χ1) is 8.65. The van der Waals surface area contributed by atoms with Crippen molar-refractivity contribution in [3.63, 3.8) is 0 Å². The summed E-state index contributed by atoms with van der Waals surface area (Å²) < 4.78 is 19.2. The van der Waals surface area contributed by atoms with Crippen molar-refractivity contribution < 1.29 is 9.13 Å². The second kappa shape index (κ2) is 5.97. The summed E-state index contributed by atoms with van der Waals surface area (Å²) in [7, 11) is 1.67. The van der Waals surface area contributed by atoms with E-state index in [1.165, 1.54) is 6.07 Å². The lowest BCUT2D eigenvalue weighted by Gasteiger charge is -2.25. The van der Waals surface area contributed by atoms with Crippen LogP contribution in [0.3, 0.4) is 0 Å². The normalized spacial score (nSPS) is 18.7. The lowest BCUT2D eigenvalue weighted by molar-refractivity contribution is 0.0508. The Balaban J connectivity index is 2.11.